The second kappa shape index (κ2) is 10.6. The van der Waals surface area contributed by atoms with Gasteiger partial charge in [-0.1, -0.05) is 19.9 Å². The predicted octanol–water partition coefficient (Wildman–Crippen LogP) is 1.55. The summed E-state index contributed by atoms with van der Waals surface area (Å²) in [5.74, 6) is -0.701. The zero-order valence-electron chi connectivity index (χ0n) is 11.9. The average molecular weight is 270 g/mol. The maximum absolute atomic E-state index is 10.8. The monoisotopic (exact) mass is 270 g/mol. The van der Waals surface area contributed by atoms with Gasteiger partial charge in [0.15, 0.2) is 0 Å². The molecule has 0 aliphatic rings. The number of hydrogen-bond acceptors (Lipinski definition) is 4. The van der Waals surface area contributed by atoms with Crippen molar-refractivity contribution in [3.63, 3.8) is 0 Å². The summed E-state index contributed by atoms with van der Waals surface area (Å²) >= 11 is 0. The maximum Gasteiger partial charge on any atom is 0.320 e. The number of aliphatic carboxylic acids is 1. The highest BCUT2D eigenvalue weighted by Gasteiger charge is 2.14. The van der Waals surface area contributed by atoms with Gasteiger partial charge in [0, 0.05) is 18.2 Å². The molecule has 110 valence electrons. The van der Waals surface area contributed by atoms with Crippen LogP contribution < -0.4 is 10.6 Å². The van der Waals surface area contributed by atoms with Crippen molar-refractivity contribution in [3.8, 4) is 0 Å². The van der Waals surface area contributed by atoms with Gasteiger partial charge < -0.3 is 20.5 Å². The highest BCUT2D eigenvalue weighted by molar-refractivity contribution is 5.73. The van der Waals surface area contributed by atoms with Crippen LogP contribution in [0.25, 0.3) is 0 Å². The third-order valence-corrected chi connectivity index (χ3v) is 3.07. The Bertz CT molecular complexity index is 292. The molecule has 0 aromatic rings. The van der Waals surface area contributed by atoms with Gasteiger partial charge in [0.05, 0.1) is 0 Å². The number of carboxylic acid groups (broad SMARTS) is 1. The van der Waals surface area contributed by atoms with Crippen LogP contribution in [-0.4, -0.2) is 37.0 Å². The molecule has 0 amide bonds. The summed E-state index contributed by atoms with van der Waals surface area (Å²) in [5.41, 5.74) is 0.866. The minimum atomic E-state index is -0.835. The summed E-state index contributed by atoms with van der Waals surface area (Å²) in [7, 11) is 1.64. The largest absolute Gasteiger partial charge is 0.480 e. The lowest BCUT2D eigenvalue weighted by Crippen LogP contribution is -2.34. The van der Waals surface area contributed by atoms with Crippen LogP contribution in [0, 0.1) is 5.92 Å². The number of carboxylic acids is 1. The van der Waals surface area contributed by atoms with Gasteiger partial charge in [-0.2, -0.15) is 0 Å². The minimum absolute atomic E-state index is 0.134. The van der Waals surface area contributed by atoms with E-state index in [2.05, 4.69) is 17.2 Å². The van der Waals surface area contributed by atoms with Gasteiger partial charge in [0.2, 0.25) is 0 Å². The topological polar surface area (TPSA) is 78.4 Å². The van der Waals surface area contributed by atoms with E-state index < -0.39 is 12.0 Å². The molecule has 0 aliphatic heterocycles. The fourth-order valence-corrected chi connectivity index (χ4v) is 1.72. The van der Waals surface area contributed by atoms with Gasteiger partial charge in [-0.25, -0.2) is 0 Å². The molecule has 0 aromatic heterocycles. The van der Waals surface area contributed by atoms with Crippen molar-refractivity contribution in [2.24, 2.45) is 5.92 Å². The van der Waals surface area contributed by atoms with Crippen molar-refractivity contribution in [3.05, 3.63) is 12.3 Å². The Morgan fingerprint density at radius 3 is 2.58 bits per heavy atom. The van der Waals surface area contributed by atoms with E-state index in [1.54, 1.807) is 7.05 Å². The number of carbonyl (C=O) groups is 2. The van der Waals surface area contributed by atoms with Gasteiger partial charge in [-0.15, -0.1) is 0 Å². The van der Waals surface area contributed by atoms with Crippen LogP contribution >= 0.6 is 0 Å². The van der Waals surface area contributed by atoms with Crippen LogP contribution in [0.1, 0.15) is 39.0 Å². The summed E-state index contributed by atoms with van der Waals surface area (Å²) in [4.78, 5) is 21.2. The number of nitrogens with one attached hydrogen (secondary N) is 2. The van der Waals surface area contributed by atoms with E-state index in [-0.39, 0.29) is 5.92 Å². The van der Waals surface area contributed by atoms with E-state index in [0.29, 0.717) is 12.8 Å². The lowest BCUT2D eigenvalue weighted by molar-refractivity contribution is -0.139. The number of allylic oxidation sites excluding steroid dienone is 1. The average Bonchev–Trinajstić information content (AvgIpc) is 2.38. The molecule has 3 N–H and O–H groups in total. The van der Waals surface area contributed by atoms with Gasteiger partial charge in [0.1, 0.15) is 12.3 Å². The number of likely N-dealkylation sites (N-methyl/N-ethyl adjacent to an activating group) is 1. The SMILES string of the molecule is C=C(CC[C@H](NC)C(=O)O)NCCCCC(C)C=O. The van der Waals surface area contributed by atoms with Crippen molar-refractivity contribution in [1.82, 2.24) is 10.6 Å². The quantitative estimate of drug-likeness (QED) is 0.370. The van der Waals surface area contributed by atoms with Crippen molar-refractivity contribution < 1.29 is 14.7 Å². The number of carbonyl (C=O) groups excluding carboxylic acids is 1. The van der Waals surface area contributed by atoms with Crippen LogP contribution in [-0.2, 0) is 9.59 Å². The maximum atomic E-state index is 10.8. The second-order valence-electron chi connectivity index (χ2n) is 4.86. The fraction of sp³-hybridized carbons (Fsp3) is 0.714. The van der Waals surface area contributed by atoms with E-state index in [1.165, 1.54) is 0 Å². The van der Waals surface area contributed by atoms with Crippen molar-refractivity contribution in [2.75, 3.05) is 13.6 Å². The second-order valence-corrected chi connectivity index (χ2v) is 4.86. The molecule has 0 heterocycles. The molecule has 19 heavy (non-hydrogen) atoms. The molecule has 1 unspecified atom stereocenters. The van der Waals surface area contributed by atoms with Crippen molar-refractivity contribution in [1.29, 1.82) is 0 Å². The molecule has 0 aliphatic carbocycles. The zero-order chi connectivity index (χ0) is 14.7. The van der Waals surface area contributed by atoms with Crippen LogP contribution in [0.4, 0.5) is 0 Å². The van der Waals surface area contributed by atoms with E-state index in [4.69, 9.17) is 5.11 Å². The highest BCUT2D eigenvalue weighted by atomic mass is 16.4. The third-order valence-electron chi connectivity index (χ3n) is 3.07. The zero-order valence-corrected chi connectivity index (χ0v) is 11.9. The smallest absolute Gasteiger partial charge is 0.320 e. The molecule has 0 bridgehead atoms. The fourth-order valence-electron chi connectivity index (χ4n) is 1.72. The van der Waals surface area contributed by atoms with Gasteiger partial charge >= 0.3 is 5.97 Å². The Balaban J connectivity index is 3.59. The normalized spacial score (nSPS) is 13.6. The van der Waals surface area contributed by atoms with E-state index in [9.17, 15) is 9.59 Å². The summed E-state index contributed by atoms with van der Waals surface area (Å²) in [5, 5.41) is 14.8. The first-order chi connectivity index (χ1) is 9.01. The van der Waals surface area contributed by atoms with E-state index in [0.717, 1.165) is 37.8 Å². The minimum Gasteiger partial charge on any atom is -0.480 e. The molecule has 2 atom stereocenters. The molecule has 0 saturated heterocycles. The summed E-state index contributed by atoms with van der Waals surface area (Å²) in [6.07, 6.45) is 5.07. The van der Waals surface area contributed by atoms with Gasteiger partial charge in [-0.3, -0.25) is 4.79 Å². The molecule has 5 nitrogen and oxygen atoms in total. The molecule has 5 heteroatoms. The number of aldehydes is 1. The van der Waals surface area contributed by atoms with Crippen LogP contribution in [0.2, 0.25) is 0 Å². The molecular weight excluding hydrogens is 244 g/mol. The molecule has 0 radical (unpaired) electrons. The molecule has 0 fully saturated rings. The number of rotatable bonds is 12. The summed E-state index contributed by atoms with van der Waals surface area (Å²) in [6, 6.07) is -0.521. The standard InChI is InChI=1S/C14H26N2O3/c1-11(10-17)6-4-5-9-16-12(2)7-8-13(15-3)14(18)19/h10-11,13,15-16H,2,4-9H2,1,3H3,(H,18,19)/t11?,13-/m0/s1. The lowest BCUT2D eigenvalue weighted by atomic mass is 10.1. The Kier molecular flexibility index (Phi) is 9.80. The van der Waals surface area contributed by atoms with Gasteiger partial charge in [-0.05, 0) is 32.7 Å². The Morgan fingerprint density at radius 1 is 1.37 bits per heavy atom. The molecular formula is C14H26N2O3. The number of hydrogen-bond donors (Lipinski definition) is 3. The van der Waals surface area contributed by atoms with Gasteiger partial charge in [0.25, 0.3) is 0 Å². The molecule has 0 spiro atoms. The lowest BCUT2D eigenvalue weighted by Gasteiger charge is -2.13. The highest BCUT2D eigenvalue weighted by Crippen LogP contribution is 2.06. The van der Waals surface area contributed by atoms with Crippen LogP contribution in [0.3, 0.4) is 0 Å². The molecule has 0 rings (SSSR count). The summed E-state index contributed by atoms with van der Waals surface area (Å²) in [6.45, 7) is 6.62. The molecule has 0 aromatic carbocycles. The molecule has 0 saturated carbocycles. The van der Waals surface area contributed by atoms with Crippen LogP contribution in [0.15, 0.2) is 12.3 Å². The Labute approximate surface area is 115 Å². The Hall–Kier alpha value is -1.36. The first kappa shape index (κ1) is 17.6. The van der Waals surface area contributed by atoms with E-state index >= 15 is 0 Å². The van der Waals surface area contributed by atoms with E-state index in [1.807, 2.05) is 6.92 Å². The third kappa shape index (κ3) is 9.25. The van der Waals surface area contributed by atoms with Crippen molar-refractivity contribution >= 4 is 12.3 Å². The summed E-state index contributed by atoms with van der Waals surface area (Å²) < 4.78 is 0. The van der Waals surface area contributed by atoms with Crippen LogP contribution in [0.5, 0.6) is 0 Å². The van der Waals surface area contributed by atoms with Crippen molar-refractivity contribution in [2.45, 2.75) is 45.1 Å². The Morgan fingerprint density at radius 2 is 2.05 bits per heavy atom. The first-order valence-corrected chi connectivity index (χ1v) is 6.78. The predicted molar refractivity (Wildman–Crippen MR) is 75.9 cm³/mol. The first-order valence-electron chi connectivity index (χ1n) is 6.78. The number of unbranched alkanes of at least 4 members (excludes halogenated alkanes) is 1.